The highest BCUT2D eigenvalue weighted by Crippen LogP contribution is 2.20. The first-order valence-electron chi connectivity index (χ1n) is 7.36. The van der Waals surface area contributed by atoms with E-state index in [9.17, 15) is 9.59 Å². The fourth-order valence-corrected chi connectivity index (χ4v) is 2.75. The van der Waals surface area contributed by atoms with Crippen molar-refractivity contribution in [1.29, 1.82) is 0 Å². The highest BCUT2D eigenvalue weighted by molar-refractivity contribution is 5.98. The molecule has 118 valence electrons. The second kappa shape index (κ2) is 6.43. The molecular formula is C16H17N5O2. The van der Waals surface area contributed by atoms with E-state index in [2.05, 4.69) is 15.5 Å². The Morgan fingerprint density at radius 1 is 1.13 bits per heavy atom. The molecule has 2 aromatic rings. The molecule has 3 rings (SSSR count). The lowest BCUT2D eigenvalue weighted by Gasteiger charge is -2.27. The number of rotatable bonds is 4. The monoisotopic (exact) mass is 311 g/mol. The third-order valence-corrected chi connectivity index (χ3v) is 3.96. The van der Waals surface area contributed by atoms with Crippen LogP contribution in [0.3, 0.4) is 0 Å². The smallest absolute Gasteiger partial charge is 0.253 e. The molecule has 2 amide bonds. The molecule has 1 aliphatic carbocycles. The summed E-state index contributed by atoms with van der Waals surface area (Å²) in [5.41, 5.74) is 6.60. The number of amides is 2. The van der Waals surface area contributed by atoms with Gasteiger partial charge in [0.05, 0.1) is 17.2 Å². The molecule has 0 radical (unpaired) electrons. The first-order valence-corrected chi connectivity index (χ1v) is 7.36. The van der Waals surface area contributed by atoms with E-state index >= 15 is 0 Å². The molecule has 0 bridgehead atoms. The van der Waals surface area contributed by atoms with Gasteiger partial charge >= 0.3 is 0 Å². The number of nitrogens with one attached hydrogen (secondary N) is 1. The molecular weight excluding hydrogens is 294 g/mol. The molecule has 1 aromatic carbocycles. The minimum atomic E-state index is -0.397. The van der Waals surface area contributed by atoms with Gasteiger partial charge in [0.25, 0.3) is 5.91 Å². The lowest BCUT2D eigenvalue weighted by molar-refractivity contribution is -0.122. The summed E-state index contributed by atoms with van der Waals surface area (Å²) in [5.74, 6) is -1.03. The van der Waals surface area contributed by atoms with E-state index in [1.807, 2.05) is 24.3 Å². The van der Waals surface area contributed by atoms with E-state index < -0.39 is 5.91 Å². The molecule has 0 aliphatic heterocycles. The van der Waals surface area contributed by atoms with Gasteiger partial charge in [0.15, 0.2) is 0 Å². The number of primary amides is 1. The molecule has 0 saturated carbocycles. The summed E-state index contributed by atoms with van der Waals surface area (Å²) in [6, 6.07) is 6.86. The maximum atomic E-state index is 12.7. The third kappa shape index (κ3) is 3.13. The van der Waals surface area contributed by atoms with Gasteiger partial charge in [0.2, 0.25) is 5.91 Å². The lowest BCUT2D eigenvalue weighted by atomic mass is 9.88. The predicted octanol–water partition coefficient (Wildman–Crippen LogP) is 0.817. The third-order valence-electron chi connectivity index (χ3n) is 3.96. The molecule has 3 N–H and O–H groups in total. The van der Waals surface area contributed by atoms with Crippen molar-refractivity contribution in [2.75, 3.05) is 0 Å². The zero-order valence-corrected chi connectivity index (χ0v) is 12.4. The molecule has 0 spiro atoms. The molecule has 1 aliphatic rings. The zero-order chi connectivity index (χ0) is 16.2. The van der Waals surface area contributed by atoms with Gasteiger partial charge in [0.1, 0.15) is 12.7 Å². The number of hydrogen-bond donors (Lipinski definition) is 2. The van der Waals surface area contributed by atoms with Crippen molar-refractivity contribution in [3.63, 3.8) is 0 Å². The number of carbonyl (C=O) groups excluding carboxylic acids is 2. The summed E-state index contributed by atoms with van der Waals surface area (Å²) < 4.78 is 1.67. The molecule has 1 aromatic heterocycles. The van der Waals surface area contributed by atoms with E-state index in [1.54, 1.807) is 16.7 Å². The first-order chi connectivity index (χ1) is 11.2. The second-order valence-corrected chi connectivity index (χ2v) is 5.42. The SMILES string of the molecule is NC(=O)[C@@H]1CC=CC[C@H]1NC(=O)c1ccccc1-n1cnnc1. The van der Waals surface area contributed by atoms with E-state index in [1.165, 1.54) is 12.7 Å². The van der Waals surface area contributed by atoms with Gasteiger partial charge in [-0.3, -0.25) is 14.2 Å². The van der Waals surface area contributed by atoms with E-state index in [0.717, 1.165) is 0 Å². The molecule has 0 saturated heterocycles. The van der Waals surface area contributed by atoms with Crippen LogP contribution in [0.15, 0.2) is 49.1 Å². The van der Waals surface area contributed by atoms with Crippen molar-refractivity contribution in [3.8, 4) is 5.69 Å². The fourth-order valence-electron chi connectivity index (χ4n) is 2.75. The first kappa shape index (κ1) is 15.0. The number of para-hydroxylation sites is 1. The number of carbonyl (C=O) groups is 2. The Labute approximate surface area is 133 Å². The Morgan fingerprint density at radius 2 is 1.83 bits per heavy atom. The summed E-state index contributed by atoms with van der Waals surface area (Å²) >= 11 is 0. The summed E-state index contributed by atoms with van der Waals surface area (Å²) in [5, 5.41) is 10.4. The van der Waals surface area contributed by atoms with Crippen LogP contribution in [0.5, 0.6) is 0 Å². The standard InChI is InChI=1S/C16H17N5O2/c17-15(22)11-5-1-3-7-13(11)20-16(23)12-6-2-4-8-14(12)21-9-18-19-10-21/h1-4,6,8-11,13H,5,7H2,(H2,17,22)(H,20,23)/t11-,13-/m1/s1. The van der Waals surface area contributed by atoms with Crippen LogP contribution in [0, 0.1) is 5.92 Å². The minimum absolute atomic E-state index is 0.249. The molecule has 1 heterocycles. The number of benzene rings is 1. The van der Waals surface area contributed by atoms with Gasteiger partial charge in [0, 0.05) is 6.04 Å². The molecule has 7 heteroatoms. The average molecular weight is 311 g/mol. The second-order valence-electron chi connectivity index (χ2n) is 5.42. The Hall–Kier alpha value is -2.96. The van der Waals surface area contributed by atoms with E-state index in [4.69, 9.17) is 5.73 Å². The van der Waals surface area contributed by atoms with Gasteiger partial charge < -0.3 is 11.1 Å². The fraction of sp³-hybridized carbons (Fsp3) is 0.250. The lowest BCUT2D eigenvalue weighted by Crippen LogP contribution is -2.46. The van der Waals surface area contributed by atoms with Crippen LogP contribution < -0.4 is 11.1 Å². The van der Waals surface area contributed by atoms with Crippen LogP contribution in [-0.4, -0.2) is 32.6 Å². The van der Waals surface area contributed by atoms with Crippen molar-refractivity contribution >= 4 is 11.8 Å². The van der Waals surface area contributed by atoms with Gasteiger partial charge in [-0.15, -0.1) is 10.2 Å². The summed E-state index contributed by atoms with van der Waals surface area (Å²) in [6.07, 6.45) is 8.07. The Kier molecular flexibility index (Phi) is 4.18. The van der Waals surface area contributed by atoms with Crippen molar-refractivity contribution in [3.05, 3.63) is 54.6 Å². The largest absolute Gasteiger partial charge is 0.369 e. The zero-order valence-electron chi connectivity index (χ0n) is 12.4. The molecule has 0 unspecified atom stereocenters. The van der Waals surface area contributed by atoms with Crippen LogP contribution in [0.1, 0.15) is 23.2 Å². The van der Waals surface area contributed by atoms with Crippen molar-refractivity contribution < 1.29 is 9.59 Å². The van der Waals surface area contributed by atoms with Gasteiger partial charge in [-0.25, -0.2) is 0 Å². The summed E-state index contributed by atoms with van der Waals surface area (Å²) in [4.78, 5) is 24.2. The normalized spacial score (nSPS) is 20.2. The minimum Gasteiger partial charge on any atom is -0.369 e. The summed E-state index contributed by atoms with van der Waals surface area (Å²) in [7, 11) is 0. The Bertz CT molecular complexity index is 739. The topological polar surface area (TPSA) is 103 Å². The quantitative estimate of drug-likeness (QED) is 0.816. The van der Waals surface area contributed by atoms with Gasteiger partial charge in [-0.1, -0.05) is 24.3 Å². The average Bonchev–Trinajstić information content (AvgIpc) is 3.09. The Balaban J connectivity index is 1.84. The highest BCUT2D eigenvalue weighted by Gasteiger charge is 2.29. The molecule has 23 heavy (non-hydrogen) atoms. The van der Waals surface area contributed by atoms with Crippen LogP contribution in [-0.2, 0) is 4.79 Å². The van der Waals surface area contributed by atoms with Crippen LogP contribution in [0.25, 0.3) is 5.69 Å². The van der Waals surface area contributed by atoms with Crippen LogP contribution in [0.4, 0.5) is 0 Å². The van der Waals surface area contributed by atoms with E-state index in [-0.39, 0.29) is 17.9 Å². The maximum Gasteiger partial charge on any atom is 0.253 e. The van der Waals surface area contributed by atoms with Crippen LogP contribution in [0.2, 0.25) is 0 Å². The van der Waals surface area contributed by atoms with Crippen molar-refractivity contribution in [2.24, 2.45) is 11.7 Å². The number of allylic oxidation sites excluding steroid dienone is 1. The number of nitrogens with zero attached hydrogens (tertiary/aromatic N) is 3. The maximum absolute atomic E-state index is 12.7. The highest BCUT2D eigenvalue weighted by atomic mass is 16.2. The predicted molar refractivity (Wildman–Crippen MR) is 83.7 cm³/mol. The van der Waals surface area contributed by atoms with Gasteiger partial charge in [-0.05, 0) is 25.0 Å². The Morgan fingerprint density at radius 3 is 2.57 bits per heavy atom. The molecule has 2 atom stereocenters. The summed E-state index contributed by atoms with van der Waals surface area (Å²) in [6.45, 7) is 0. The molecule has 0 fully saturated rings. The number of nitrogens with two attached hydrogens (primary N) is 1. The molecule has 7 nitrogen and oxygen atoms in total. The van der Waals surface area contributed by atoms with Gasteiger partial charge in [-0.2, -0.15) is 0 Å². The van der Waals surface area contributed by atoms with Crippen molar-refractivity contribution in [2.45, 2.75) is 18.9 Å². The van der Waals surface area contributed by atoms with E-state index in [0.29, 0.717) is 24.1 Å². The van der Waals surface area contributed by atoms with Crippen molar-refractivity contribution in [1.82, 2.24) is 20.1 Å². The number of aromatic nitrogens is 3. The van der Waals surface area contributed by atoms with Crippen LogP contribution >= 0.6 is 0 Å². The number of hydrogen-bond acceptors (Lipinski definition) is 4.